The standard InChI is InChI=1S/C11H16N6O2S/c1-3-17(2)11-15-9(12)8(20-11)10(18)13-5-4-7-14-6-19-16-7/h6H,3-5,12H2,1-2H3,(H,13,18). The Hall–Kier alpha value is -2.16. The molecule has 2 aromatic heterocycles. The van der Waals surface area contributed by atoms with E-state index in [2.05, 4.69) is 25.0 Å². The van der Waals surface area contributed by atoms with Crippen LogP contribution in [0.2, 0.25) is 0 Å². The maximum atomic E-state index is 12.0. The minimum absolute atomic E-state index is 0.237. The molecule has 0 saturated carbocycles. The highest BCUT2D eigenvalue weighted by Crippen LogP contribution is 2.27. The molecule has 0 aliphatic rings. The van der Waals surface area contributed by atoms with Crippen LogP contribution in [-0.2, 0) is 6.42 Å². The molecule has 0 aliphatic carbocycles. The van der Waals surface area contributed by atoms with Crippen molar-refractivity contribution in [3.63, 3.8) is 0 Å². The average Bonchev–Trinajstić information content (AvgIpc) is 3.07. The molecule has 0 radical (unpaired) electrons. The van der Waals surface area contributed by atoms with Gasteiger partial charge in [-0.05, 0) is 6.92 Å². The van der Waals surface area contributed by atoms with Crippen LogP contribution >= 0.6 is 11.3 Å². The van der Waals surface area contributed by atoms with Crippen LogP contribution in [0.4, 0.5) is 10.9 Å². The predicted molar refractivity (Wildman–Crippen MR) is 75.8 cm³/mol. The van der Waals surface area contributed by atoms with Crippen LogP contribution in [0.25, 0.3) is 0 Å². The summed E-state index contributed by atoms with van der Waals surface area (Å²) in [6.45, 7) is 3.21. The van der Waals surface area contributed by atoms with Gasteiger partial charge in [0, 0.05) is 26.6 Å². The van der Waals surface area contributed by atoms with Gasteiger partial charge in [0.25, 0.3) is 5.91 Å². The lowest BCUT2D eigenvalue weighted by atomic mass is 10.4. The zero-order valence-corrected chi connectivity index (χ0v) is 12.1. The Kier molecular flexibility index (Phi) is 4.51. The lowest BCUT2D eigenvalue weighted by Crippen LogP contribution is -2.25. The molecule has 1 amide bonds. The second kappa shape index (κ2) is 6.33. The third kappa shape index (κ3) is 3.23. The maximum Gasteiger partial charge on any atom is 0.265 e. The molecule has 0 atom stereocenters. The van der Waals surface area contributed by atoms with Gasteiger partial charge in [-0.3, -0.25) is 4.79 Å². The molecule has 0 bridgehead atoms. The second-order valence-electron chi connectivity index (χ2n) is 4.08. The first-order valence-electron chi connectivity index (χ1n) is 6.12. The largest absolute Gasteiger partial charge is 0.382 e. The van der Waals surface area contributed by atoms with Gasteiger partial charge in [0.2, 0.25) is 6.39 Å². The van der Waals surface area contributed by atoms with E-state index in [1.165, 1.54) is 17.7 Å². The highest BCUT2D eigenvalue weighted by Gasteiger charge is 2.17. The van der Waals surface area contributed by atoms with Crippen LogP contribution in [0.5, 0.6) is 0 Å². The number of carbonyl (C=O) groups excluding carboxylic acids is 1. The Morgan fingerprint density at radius 1 is 1.60 bits per heavy atom. The molecule has 0 unspecified atom stereocenters. The van der Waals surface area contributed by atoms with Crippen molar-refractivity contribution in [1.29, 1.82) is 0 Å². The molecule has 0 saturated heterocycles. The Bertz CT molecular complexity index is 567. The number of amides is 1. The van der Waals surface area contributed by atoms with Crippen LogP contribution in [0.3, 0.4) is 0 Å². The normalized spacial score (nSPS) is 10.5. The lowest BCUT2D eigenvalue weighted by molar-refractivity contribution is 0.0958. The molecule has 0 fully saturated rings. The average molecular weight is 296 g/mol. The van der Waals surface area contributed by atoms with Gasteiger partial charge in [0.15, 0.2) is 11.0 Å². The van der Waals surface area contributed by atoms with Crippen LogP contribution in [0, 0.1) is 0 Å². The number of hydrogen-bond donors (Lipinski definition) is 2. The number of rotatable bonds is 6. The smallest absolute Gasteiger partial charge is 0.265 e. The molecule has 3 N–H and O–H groups in total. The van der Waals surface area contributed by atoms with Gasteiger partial charge >= 0.3 is 0 Å². The zero-order valence-electron chi connectivity index (χ0n) is 11.3. The van der Waals surface area contributed by atoms with Crippen molar-refractivity contribution >= 4 is 28.2 Å². The summed E-state index contributed by atoms with van der Waals surface area (Å²) in [6.07, 6.45) is 1.76. The van der Waals surface area contributed by atoms with Gasteiger partial charge < -0.3 is 20.5 Å². The minimum Gasteiger partial charge on any atom is -0.382 e. The van der Waals surface area contributed by atoms with Gasteiger partial charge in [-0.15, -0.1) is 0 Å². The molecule has 0 spiro atoms. The van der Waals surface area contributed by atoms with Crippen LogP contribution in [0.15, 0.2) is 10.9 Å². The minimum atomic E-state index is -0.237. The third-order valence-corrected chi connectivity index (χ3v) is 3.87. The Morgan fingerprint density at radius 2 is 2.40 bits per heavy atom. The monoisotopic (exact) mass is 296 g/mol. The van der Waals surface area contributed by atoms with Crippen molar-refractivity contribution in [3.8, 4) is 0 Å². The predicted octanol–water partition coefficient (Wildman–Crippen LogP) is 0.537. The van der Waals surface area contributed by atoms with Gasteiger partial charge in [-0.2, -0.15) is 4.98 Å². The number of anilines is 2. The summed E-state index contributed by atoms with van der Waals surface area (Å²) in [5.74, 6) is 0.565. The molecule has 2 aromatic rings. The van der Waals surface area contributed by atoms with E-state index in [1.807, 2.05) is 18.9 Å². The highest BCUT2D eigenvalue weighted by molar-refractivity contribution is 7.18. The molecule has 8 nitrogen and oxygen atoms in total. The van der Waals surface area contributed by atoms with E-state index in [0.717, 1.165) is 11.7 Å². The molecule has 2 heterocycles. The van der Waals surface area contributed by atoms with E-state index in [-0.39, 0.29) is 11.7 Å². The summed E-state index contributed by atoms with van der Waals surface area (Å²) in [6, 6.07) is 0. The van der Waals surface area contributed by atoms with Crippen molar-refractivity contribution in [2.24, 2.45) is 0 Å². The summed E-state index contributed by atoms with van der Waals surface area (Å²) >= 11 is 1.28. The summed E-state index contributed by atoms with van der Waals surface area (Å²) in [4.78, 5) is 22.4. The number of aromatic nitrogens is 3. The van der Waals surface area contributed by atoms with Crippen molar-refractivity contribution in [2.45, 2.75) is 13.3 Å². The first kappa shape index (κ1) is 14.3. The maximum absolute atomic E-state index is 12.0. The van der Waals surface area contributed by atoms with Crippen LogP contribution in [0.1, 0.15) is 22.4 Å². The van der Waals surface area contributed by atoms with E-state index in [4.69, 9.17) is 5.73 Å². The Labute approximate surface area is 120 Å². The summed E-state index contributed by atoms with van der Waals surface area (Å²) < 4.78 is 4.61. The first-order valence-corrected chi connectivity index (χ1v) is 6.94. The Morgan fingerprint density at radius 3 is 3.05 bits per heavy atom. The molecule has 2 rings (SSSR count). The van der Waals surface area contributed by atoms with E-state index in [0.29, 0.717) is 23.7 Å². The summed E-state index contributed by atoms with van der Waals surface area (Å²) in [7, 11) is 1.90. The third-order valence-electron chi connectivity index (χ3n) is 2.69. The summed E-state index contributed by atoms with van der Waals surface area (Å²) in [5, 5.41) is 7.15. The van der Waals surface area contributed by atoms with Gasteiger partial charge in [0.1, 0.15) is 10.7 Å². The van der Waals surface area contributed by atoms with Crippen molar-refractivity contribution in [1.82, 2.24) is 20.4 Å². The van der Waals surface area contributed by atoms with Crippen LogP contribution < -0.4 is 16.0 Å². The zero-order chi connectivity index (χ0) is 14.5. The first-order chi connectivity index (χ1) is 9.61. The lowest BCUT2D eigenvalue weighted by Gasteiger charge is -2.10. The van der Waals surface area contributed by atoms with E-state index in [1.54, 1.807) is 0 Å². The van der Waals surface area contributed by atoms with Gasteiger partial charge in [-0.1, -0.05) is 16.5 Å². The molecule has 108 valence electrons. The SMILES string of the molecule is CCN(C)c1nc(N)c(C(=O)NCCc2ncon2)s1. The fourth-order valence-corrected chi connectivity index (χ4v) is 2.38. The van der Waals surface area contributed by atoms with Gasteiger partial charge in [0.05, 0.1) is 0 Å². The van der Waals surface area contributed by atoms with Crippen molar-refractivity contribution < 1.29 is 9.32 Å². The number of carbonyl (C=O) groups is 1. The van der Waals surface area contributed by atoms with Gasteiger partial charge in [-0.25, -0.2) is 4.98 Å². The Balaban J connectivity index is 1.93. The number of nitrogens with zero attached hydrogens (tertiary/aromatic N) is 4. The fourth-order valence-electron chi connectivity index (χ4n) is 1.45. The topological polar surface area (TPSA) is 110 Å². The van der Waals surface area contributed by atoms with E-state index < -0.39 is 0 Å². The number of nitrogen functional groups attached to an aromatic ring is 1. The molecular formula is C11H16N6O2S. The number of nitrogens with two attached hydrogens (primary N) is 1. The molecular weight excluding hydrogens is 280 g/mol. The highest BCUT2D eigenvalue weighted by atomic mass is 32.1. The second-order valence-corrected chi connectivity index (χ2v) is 5.06. The number of hydrogen-bond acceptors (Lipinski definition) is 8. The van der Waals surface area contributed by atoms with Crippen molar-refractivity contribution in [3.05, 3.63) is 17.1 Å². The number of thiazole rings is 1. The fraction of sp³-hybridized carbons (Fsp3) is 0.455. The molecule has 0 aliphatic heterocycles. The van der Waals surface area contributed by atoms with E-state index in [9.17, 15) is 4.79 Å². The van der Waals surface area contributed by atoms with Crippen molar-refractivity contribution in [2.75, 3.05) is 30.8 Å². The van der Waals surface area contributed by atoms with E-state index >= 15 is 0 Å². The molecule has 9 heteroatoms. The van der Waals surface area contributed by atoms with Crippen LogP contribution in [-0.4, -0.2) is 41.2 Å². The summed E-state index contributed by atoms with van der Waals surface area (Å²) in [5.41, 5.74) is 5.77. The molecule has 20 heavy (non-hydrogen) atoms. The number of nitrogens with one attached hydrogen (secondary N) is 1. The quantitative estimate of drug-likeness (QED) is 0.800. The molecule has 0 aromatic carbocycles.